The average Bonchev–Trinajstić information content (AvgIpc) is 2.09. The smallest absolute Gasteiger partial charge is 0.263 e. The second kappa shape index (κ2) is 5.49. The highest BCUT2D eigenvalue weighted by Crippen LogP contribution is 2.26. The largest absolute Gasteiger partial charge is 0.523 e. The molecule has 7 heteroatoms. The van der Waals surface area contributed by atoms with Crippen molar-refractivity contribution < 1.29 is 25.8 Å². The molecule has 0 fully saturated rings. The second-order valence-corrected chi connectivity index (χ2v) is 4.86. The monoisotopic (exact) mass is 258 g/mol. The predicted octanol–water partition coefficient (Wildman–Crippen LogP) is 2.62. The van der Waals surface area contributed by atoms with Crippen molar-refractivity contribution in [3.63, 3.8) is 0 Å². The Balaban J connectivity index is 4.54. The zero-order chi connectivity index (χ0) is 13.0. The molecule has 0 aromatic rings. The van der Waals surface area contributed by atoms with Gasteiger partial charge in [0.2, 0.25) is 0 Å². The molecule has 0 saturated heterocycles. The van der Waals surface area contributed by atoms with Gasteiger partial charge in [-0.15, -0.1) is 6.58 Å². The fraction of sp³-hybridized carbons (Fsp3) is 0.556. The lowest BCUT2D eigenvalue weighted by Gasteiger charge is -2.15. The minimum Gasteiger partial charge on any atom is -0.263 e. The first kappa shape index (κ1) is 15.2. The van der Waals surface area contributed by atoms with Gasteiger partial charge in [0, 0.05) is 5.92 Å². The lowest BCUT2D eigenvalue weighted by molar-refractivity contribution is -0.0547. The van der Waals surface area contributed by atoms with Gasteiger partial charge in [0.25, 0.3) is 0 Å². The van der Waals surface area contributed by atoms with Crippen LogP contribution < -0.4 is 0 Å². The van der Waals surface area contributed by atoms with Gasteiger partial charge in [0.1, 0.15) is 0 Å². The lowest BCUT2D eigenvalue weighted by Crippen LogP contribution is -2.27. The van der Waals surface area contributed by atoms with Gasteiger partial charge in [-0.2, -0.15) is 21.6 Å². The Labute approximate surface area is 92.7 Å². The maximum absolute atomic E-state index is 11.9. The number of alkyl halides is 3. The highest BCUT2D eigenvalue weighted by Gasteiger charge is 2.47. The van der Waals surface area contributed by atoms with Gasteiger partial charge < -0.3 is 0 Å². The summed E-state index contributed by atoms with van der Waals surface area (Å²) in [6.45, 7) is 7.94. The fourth-order valence-corrected chi connectivity index (χ4v) is 1.33. The topological polar surface area (TPSA) is 43.4 Å². The average molecular weight is 258 g/mol. The third-order valence-corrected chi connectivity index (χ3v) is 2.87. The van der Waals surface area contributed by atoms with Crippen molar-refractivity contribution in [3.8, 4) is 0 Å². The van der Waals surface area contributed by atoms with Crippen LogP contribution in [0.25, 0.3) is 0 Å². The molecule has 0 rings (SSSR count). The number of rotatable bonds is 6. The molecule has 0 spiro atoms. The Hall–Kier alpha value is -0.820. The first-order valence-electron chi connectivity index (χ1n) is 4.33. The summed E-state index contributed by atoms with van der Waals surface area (Å²) in [7, 11) is -5.52. The molecule has 3 nitrogen and oxygen atoms in total. The van der Waals surface area contributed by atoms with E-state index in [1.54, 1.807) is 6.92 Å². The van der Waals surface area contributed by atoms with Crippen LogP contribution in [-0.2, 0) is 14.3 Å². The molecule has 94 valence electrons. The van der Waals surface area contributed by atoms with Gasteiger partial charge in [0.15, 0.2) is 0 Å². The lowest BCUT2D eigenvalue weighted by atomic mass is 10.00. The Kier molecular flexibility index (Phi) is 5.21. The zero-order valence-corrected chi connectivity index (χ0v) is 9.57. The van der Waals surface area contributed by atoms with Crippen molar-refractivity contribution in [1.29, 1.82) is 0 Å². The summed E-state index contributed by atoms with van der Waals surface area (Å²) in [5, 5.41) is 0. The molecule has 0 aliphatic carbocycles. The van der Waals surface area contributed by atoms with Crippen LogP contribution in [0, 0.1) is 5.92 Å². The molecule has 0 radical (unpaired) electrons. The molecule has 0 aromatic carbocycles. The minimum absolute atomic E-state index is 0.308. The van der Waals surface area contributed by atoms with E-state index in [0.717, 1.165) is 0 Å². The van der Waals surface area contributed by atoms with E-state index >= 15 is 0 Å². The normalized spacial score (nSPS) is 14.5. The Morgan fingerprint density at radius 1 is 1.50 bits per heavy atom. The molecule has 0 saturated carbocycles. The van der Waals surface area contributed by atoms with Crippen molar-refractivity contribution in [2.75, 3.05) is 6.61 Å². The van der Waals surface area contributed by atoms with E-state index in [1.165, 1.54) is 6.08 Å². The first-order chi connectivity index (χ1) is 7.12. The van der Waals surface area contributed by atoms with Crippen LogP contribution in [0.2, 0.25) is 0 Å². The molecule has 0 amide bonds. The third kappa shape index (κ3) is 4.36. The maximum Gasteiger partial charge on any atom is 0.523 e. The molecular weight excluding hydrogens is 245 g/mol. The SMILES string of the molecule is C=CCC(COS(=O)(=O)C(F)(F)F)C(=C)C. The molecule has 0 bridgehead atoms. The van der Waals surface area contributed by atoms with Crippen LogP contribution >= 0.6 is 0 Å². The van der Waals surface area contributed by atoms with E-state index in [1.807, 2.05) is 0 Å². The van der Waals surface area contributed by atoms with Crippen LogP contribution in [0.5, 0.6) is 0 Å². The second-order valence-electron chi connectivity index (χ2n) is 3.25. The van der Waals surface area contributed by atoms with Crippen LogP contribution in [-0.4, -0.2) is 20.5 Å². The van der Waals surface area contributed by atoms with Crippen molar-refractivity contribution in [2.45, 2.75) is 18.9 Å². The Bertz CT molecular complexity index is 357. The molecule has 0 heterocycles. The number of hydrogen-bond donors (Lipinski definition) is 0. The summed E-state index contributed by atoms with van der Waals surface area (Å²) in [6.07, 6.45) is 1.77. The van der Waals surface area contributed by atoms with Crippen molar-refractivity contribution in [1.82, 2.24) is 0 Å². The highest BCUT2D eigenvalue weighted by molar-refractivity contribution is 7.87. The van der Waals surface area contributed by atoms with E-state index < -0.39 is 28.2 Å². The summed E-state index contributed by atoms with van der Waals surface area (Å²) >= 11 is 0. The molecular formula is C9H13F3O3S. The molecule has 16 heavy (non-hydrogen) atoms. The van der Waals surface area contributed by atoms with Gasteiger partial charge in [-0.25, -0.2) is 0 Å². The summed E-state index contributed by atoms with van der Waals surface area (Å²) in [6, 6.07) is 0. The quantitative estimate of drug-likeness (QED) is 0.418. The summed E-state index contributed by atoms with van der Waals surface area (Å²) in [5.41, 5.74) is -4.85. The van der Waals surface area contributed by atoms with Crippen LogP contribution in [0.15, 0.2) is 24.8 Å². The van der Waals surface area contributed by atoms with Crippen molar-refractivity contribution in [3.05, 3.63) is 24.8 Å². The van der Waals surface area contributed by atoms with E-state index in [-0.39, 0.29) is 0 Å². The molecule has 0 aromatic heterocycles. The Morgan fingerprint density at radius 3 is 2.31 bits per heavy atom. The van der Waals surface area contributed by atoms with E-state index in [2.05, 4.69) is 17.3 Å². The first-order valence-corrected chi connectivity index (χ1v) is 5.74. The minimum atomic E-state index is -5.52. The maximum atomic E-state index is 11.9. The van der Waals surface area contributed by atoms with E-state index in [0.29, 0.717) is 12.0 Å². The summed E-state index contributed by atoms with van der Waals surface area (Å²) in [4.78, 5) is 0. The molecule has 0 aliphatic heterocycles. The third-order valence-electron chi connectivity index (χ3n) is 1.86. The highest BCUT2D eigenvalue weighted by atomic mass is 32.2. The van der Waals surface area contributed by atoms with E-state index in [4.69, 9.17) is 0 Å². The van der Waals surface area contributed by atoms with Crippen LogP contribution in [0.4, 0.5) is 13.2 Å². The van der Waals surface area contributed by atoms with Crippen molar-refractivity contribution >= 4 is 10.1 Å². The van der Waals surface area contributed by atoms with Gasteiger partial charge in [-0.05, 0) is 13.3 Å². The summed E-state index contributed by atoms with van der Waals surface area (Å²) < 4.78 is 60.8. The number of hydrogen-bond acceptors (Lipinski definition) is 3. The van der Waals surface area contributed by atoms with Crippen LogP contribution in [0.3, 0.4) is 0 Å². The fourth-order valence-electron chi connectivity index (χ4n) is 0.851. The van der Waals surface area contributed by atoms with E-state index in [9.17, 15) is 21.6 Å². The van der Waals surface area contributed by atoms with Gasteiger partial charge >= 0.3 is 15.6 Å². The van der Waals surface area contributed by atoms with Crippen LogP contribution in [0.1, 0.15) is 13.3 Å². The number of allylic oxidation sites excluding steroid dienone is 1. The van der Waals surface area contributed by atoms with Gasteiger partial charge in [-0.3, -0.25) is 4.18 Å². The molecule has 0 N–H and O–H groups in total. The standard InChI is InChI=1S/C9H13F3O3S/c1-4-5-8(7(2)3)6-15-16(13,14)9(10,11)12/h4,8H,1-2,5-6H2,3H3. The summed E-state index contributed by atoms with van der Waals surface area (Å²) in [5.74, 6) is -0.491. The number of halogens is 3. The van der Waals surface area contributed by atoms with Gasteiger partial charge in [0.05, 0.1) is 6.61 Å². The molecule has 1 unspecified atom stereocenters. The predicted molar refractivity (Wildman–Crippen MR) is 54.0 cm³/mol. The van der Waals surface area contributed by atoms with Gasteiger partial charge in [-0.1, -0.05) is 18.2 Å². The Morgan fingerprint density at radius 2 is 2.00 bits per heavy atom. The molecule has 0 aliphatic rings. The molecule has 1 atom stereocenters. The zero-order valence-electron chi connectivity index (χ0n) is 8.75. The van der Waals surface area contributed by atoms with Crippen molar-refractivity contribution in [2.24, 2.45) is 5.92 Å².